The Morgan fingerprint density at radius 1 is 1.29 bits per heavy atom. The van der Waals surface area contributed by atoms with Crippen LogP contribution >= 0.6 is 11.6 Å². The molecule has 0 saturated carbocycles. The van der Waals surface area contributed by atoms with E-state index in [2.05, 4.69) is 40.3 Å². The average molecular weight is 308 g/mol. The Hall–Kier alpha value is -1.62. The molecule has 0 spiro atoms. The summed E-state index contributed by atoms with van der Waals surface area (Å²) in [7, 11) is 0. The highest BCUT2D eigenvalue weighted by Crippen LogP contribution is 2.21. The van der Waals surface area contributed by atoms with Gasteiger partial charge < -0.3 is 5.32 Å². The van der Waals surface area contributed by atoms with Crippen molar-refractivity contribution in [3.8, 4) is 0 Å². The van der Waals surface area contributed by atoms with E-state index in [0.717, 1.165) is 49.4 Å². The van der Waals surface area contributed by atoms with Crippen LogP contribution in [0.4, 0.5) is 5.82 Å². The molecule has 2 heterocycles. The van der Waals surface area contributed by atoms with Crippen LogP contribution in [0.2, 0.25) is 5.15 Å². The van der Waals surface area contributed by atoms with Gasteiger partial charge in [0.15, 0.2) is 0 Å². The molecule has 0 atom stereocenters. The van der Waals surface area contributed by atoms with E-state index in [-0.39, 0.29) is 0 Å². The molecule has 0 aliphatic carbocycles. The molecule has 2 rings (SSSR count). The second-order valence-electron chi connectivity index (χ2n) is 5.17. The largest absolute Gasteiger partial charge is 0.370 e. The molecule has 21 heavy (non-hydrogen) atoms. The highest BCUT2D eigenvalue weighted by molar-refractivity contribution is 6.30. The molecule has 0 aromatic carbocycles. The van der Waals surface area contributed by atoms with Crippen molar-refractivity contribution in [2.24, 2.45) is 0 Å². The summed E-state index contributed by atoms with van der Waals surface area (Å²) in [5.74, 6) is 0.852. The molecule has 0 radical (unpaired) electrons. The van der Waals surface area contributed by atoms with Crippen LogP contribution in [0.15, 0.2) is 12.4 Å². The van der Waals surface area contributed by atoms with Crippen LogP contribution in [0.3, 0.4) is 0 Å². The number of hydrogen-bond acceptors (Lipinski definition) is 4. The number of hydrogen-bond donors (Lipinski definition) is 1. The molecular formula is C15H22ClN5. The lowest BCUT2D eigenvalue weighted by atomic mass is 10.2. The molecule has 2 aromatic heterocycles. The topological polar surface area (TPSA) is 55.6 Å². The summed E-state index contributed by atoms with van der Waals surface area (Å²) in [6, 6.07) is 2.09. The molecule has 1 N–H and O–H groups in total. The number of rotatable bonds is 7. The molecule has 0 amide bonds. The van der Waals surface area contributed by atoms with Crippen LogP contribution in [0.5, 0.6) is 0 Å². The van der Waals surface area contributed by atoms with Crippen LogP contribution in [0.25, 0.3) is 0 Å². The second kappa shape index (κ2) is 7.41. The highest BCUT2D eigenvalue weighted by Gasteiger charge is 2.08. The molecule has 0 bridgehead atoms. The van der Waals surface area contributed by atoms with Gasteiger partial charge in [-0.1, -0.05) is 24.9 Å². The van der Waals surface area contributed by atoms with Gasteiger partial charge in [0.05, 0.1) is 5.69 Å². The van der Waals surface area contributed by atoms with E-state index in [1.165, 1.54) is 12.0 Å². The van der Waals surface area contributed by atoms with Crippen molar-refractivity contribution in [3.05, 3.63) is 34.5 Å². The first-order valence-electron chi connectivity index (χ1n) is 7.36. The summed E-state index contributed by atoms with van der Waals surface area (Å²) in [5, 5.41) is 8.37. The van der Waals surface area contributed by atoms with Crippen molar-refractivity contribution >= 4 is 17.4 Å². The van der Waals surface area contributed by atoms with E-state index in [1.807, 2.05) is 11.6 Å². The minimum Gasteiger partial charge on any atom is -0.370 e. The summed E-state index contributed by atoms with van der Waals surface area (Å²) in [4.78, 5) is 8.34. The maximum Gasteiger partial charge on any atom is 0.137 e. The lowest BCUT2D eigenvalue weighted by Crippen LogP contribution is -2.11. The number of aromatic nitrogens is 4. The van der Waals surface area contributed by atoms with Gasteiger partial charge in [-0.3, -0.25) is 4.68 Å². The molecule has 0 saturated heterocycles. The van der Waals surface area contributed by atoms with Crippen molar-refractivity contribution < 1.29 is 0 Å². The molecule has 2 aromatic rings. The van der Waals surface area contributed by atoms with Crippen molar-refractivity contribution in [2.45, 2.75) is 46.6 Å². The van der Waals surface area contributed by atoms with Gasteiger partial charge in [-0.2, -0.15) is 5.10 Å². The Labute approximate surface area is 130 Å². The third kappa shape index (κ3) is 4.17. The molecule has 6 heteroatoms. The first kappa shape index (κ1) is 15.8. The number of nitrogens with one attached hydrogen (secondary N) is 1. The summed E-state index contributed by atoms with van der Waals surface area (Å²) < 4.78 is 2.04. The predicted molar refractivity (Wildman–Crippen MR) is 85.8 cm³/mol. The first-order valence-corrected chi connectivity index (χ1v) is 7.74. The fraction of sp³-hybridized carbons (Fsp3) is 0.533. The van der Waals surface area contributed by atoms with Crippen molar-refractivity contribution in [1.29, 1.82) is 0 Å². The van der Waals surface area contributed by atoms with Gasteiger partial charge >= 0.3 is 0 Å². The average Bonchev–Trinajstić information content (AvgIpc) is 2.76. The quantitative estimate of drug-likeness (QED) is 0.629. The Balaban J connectivity index is 1.89. The summed E-state index contributed by atoms with van der Waals surface area (Å²) >= 11 is 6.14. The first-order chi connectivity index (χ1) is 10.1. The summed E-state index contributed by atoms with van der Waals surface area (Å²) in [6.45, 7) is 7.95. The Kier molecular flexibility index (Phi) is 5.56. The molecule has 5 nitrogen and oxygen atoms in total. The maximum absolute atomic E-state index is 6.14. The molecular weight excluding hydrogens is 286 g/mol. The molecule has 0 aliphatic rings. The van der Waals surface area contributed by atoms with Crippen molar-refractivity contribution in [1.82, 2.24) is 19.7 Å². The van der Waals surface area contributed by atoms with Gasteiger partial charge in [-0.05, 0) is 32.8 Å². The van der Waals surface area contributed by atoms with Crippen LogP contribution < -0.4 is 5.32 Å². The number of anilines is 1. The normalized spacial score (nSPS) is 10.9. The van der Waals surface area contributed by atoms with E-state index in [1.54, 1.807) is 0 Å². The second-order valence-corrected chi connectivity index (χ2v) is 5.53. The zero-order valence-corrected chi connectivity index (χ0v) is 13.6. The molecule has 0 aliphatic heterocycles. The summed E-state index contributed by atoms with van der Waals surface area (Å²) in [6.07, 6.45) is 4.40. The molecule has 0 unspecified atom stereocenters. The fourth-order valence-electron chi connectivity index (χ4n) is 2.35. The minimum absolute atomic E-state index is 0.549. The molecule has 0 fully saturated rings. The zero-order valence-electron chi connectivity index (χ0n) is 12.9. The lowest BCUT2D eigenvalue weighted by molar-refractivity contribution is 0.573. The van der Waals surface area contributed by atoms with Gasteiger partial charge in [0, 0.05) is 24.3 Å². The minimum atomic E-state index is 0.549. The van der Waals surface area contributed by atoms with Crippen molar-refractivity contribution in [2.75, 3.05) is 11.9 Å². The van der Waals surface area contributed by atoms with Crippen molar-refractivity contribution in [3.63, 3.8) is 0 Å². The van der Waals surface area contributed by atoms with Crippen LogP contribution in [0, 0.1) is 13.8 Å². The SMILES string of the molecule is CCCc1c(Cl)ncnc1NCCCn1nc(C)cc1C. The standard InChI is InChI=1S/C15H22ClN5/c1-4-6-13-14(16)18-10-19-15(13)17-7-5-8-21-12(3)9-11(2)20-21/h9-10H,4-8H2,1-3H3,(H,17,18,19). The van der Waals surface area contributed by atoms with E-state index in [0.29, 0.717) is 5.15 Å². The third-order valence-electron chi connectivity index (χ3n) is 3.34. The molecule has 114 valence electrons. The third-order valence-corrected chi connectivity index (χ3v) is 3.66. The zero-order chi connectivity index (χ0) is 15.2. The van der Waals surface area contributed by atoms with E-state index >= 15 is 0 Å². The maximum atomic E-state index is 6.14. The van der Waals surface area contributed by atoms with Gasteiger partial charge in [0.1, 0.15) is 17.3 Å². The van der Waals surface area contributed by atoms with Crippen LogP contribution in [-0.2, 0) is 13.0 Å². The Morgan fingerprint density at radius 3 is 2.76 bits per heavy atom. The van der Waals surface area contributed by atoms with Crippen LogP contribution in [-0.4, -0.2) is 26.3 Å². The van der Waals surface area contributed by atoms with Gasteiger partial charge in [0.2, 0.25) is 0 Å². The predicted octanol–water partition coefficient (Wildman–Crippen LogP) is 3.40. The van der Waals surface area contributed by atoms with Crippen LogP contribution in [0.1, 0.15) is 36.7 Å². The smallest absolute Gasteiger partial charge is 0.137 e. The van der Waals surface area contributed by atoms with E-state index in [4.69, 9.17) is 11.6 Å². The Bertz CT molecular complexity index is 594. The van der Waals surface area contributed by atoms with Gasteiger partial charge in [0.25, 0.3) is 0 Å². The van der Waals surface area contributed by atoms with E-state index < -0.39 is 0 Å². The lowest BCUT2D eigenvalue weighted by Gasteiger charge is -2.11. The number of halogens is 1. The van der Waals surface area contributed by atoms with Gasteiger partial charge in [-0.25, -0.2) is 9.97 Å². The van der Waals surface area contributed by atoms with E-state index in [9.17, 15) is 0 Å². The fourth-order valence-corrected chi connectivity index (χ4v) is 2.58. The van der Waals surface area contributed by atoms with Gasteiger partial charge in [-0.15, -0.1) is 0 Å². The Morgan fingerprint density at radius 2 is 2.10 bits per heavy atom. The monoisotopic (exact) mass is 307 g/mol. The summed E-state index contributed by atoms with van der Waals surface area (Å²) in [5.41, 5.74) is 3.27. The number of aryl methyl sites for hydroxylation is 3. The number of nitrogens with zero attached hydrogens (tertiary/aromatic N) is 4. The highest BCUT2D eigenvalue weighted by atomic mass is 35.5.